The Morgan fingerprint density at radius 1 is 1.20 bits per heavy atom. The molecule has 0 aliphatic heterocycles. The highest BCUT2D eigenvalue weighted by Crippen LogP contribution is 2.17. The van der Waals surface area contributed by atoms with E-state index in [-0.39, 0.29) is 35.9 Å². The number of carbonyl (C=O) groups is 1. The normalized spacial score (nSPS) is 16.5. The van der Waals surface area contributed by atoms with E-state index in [1.54, 1.807) is 7.05 Å². The summed E-state index contributed by atoms with van der Waals surface area (Å²) in [6.07, 6.45) is 6.48. The van der Waals surface area contributed by atoms with Gasteiger partial charge >= 0.3 is 0 Å². The van der Waals surface area contributed by atoms with Crippen molar-refractivity contribution in [3.63, 3.8) is 0 Å². The summed E-state index contributed by atoms with van der Waals surface area (Å²) in [6, 6.07) is 10.8. The minimum Gasteiger partial charge on any atom is -0.356 e. The minimum absolute atomic E-state index is 0. The van der Waals surface area contributed by atoms with E-state index in [1.165, 1.54) is 24.8 Å². The molecule has 0 spiro atoms. The van der Waals surface area contributed by atoms with Crippen molar-refractivity contribution in [2.24, 2.45) is 4.99 Å². The Kier molecular flexibility index (Phi) is 10.5. The molecule has 1 saturated carbocycles. The zero-order valence-electron chi connectivity index (χ0n) is 15.3. The molecule has 0 saturated heterocycles. The van der Waals surface area contributed by atoms with Crippen LogP contribution >= 0.6 is 24.0 Å². The van der Waals surface area contributed by atoms with Crippen molar-refractivity contribution in [3.05, 3.63) is 35.9 Å². The van der Waals surface area contributed by atoms with Gasteiger partial charge in [-0.15, -0.1) is 24.0 Å². The van der Waals surface area contributed by atoms with E-state index in [1.807, 2.05) is 18.2 Å². The number of benzene rings is 1. The number of carbonyl (C=O) groups excluding carboxylic acids is 1. The molecule has 1 aliphatic rings. The molecule has 1 amide bonds. The van der Waals surface area contributed by atoms with Crippen molar-refractivity contribution in [1.29, 1.82) is 0 Å². The number of amides is 1. The van der Waals surface area contributed by atoms with Gasteiger partial charge in [0.1, 0.15) is 0 Å². The second-order valence-electron chi connectivity index (χ2n) is 6.43. The maximum absolute atomic E-state index is 12.0. The molecule has 1 aromatic carbocycles. The van der Waals surface area contributed by atoms with E-state index in [0.717, 1.165) is 18.8 Å². The average Bonchev–Trinajstić information content (AvgIpc) is 2.62. The number of nitrogens with zero attached hydrogens (tertiary/aromatic N) is 1. The van der Waals surface area contributed by atoms with Crippen LogP contribution in [0.25, 0.3) is 0 Å². The van der Waals surface area contributed by atoms with Gasteiger partial charge < -0.3 is 16.0 Å². The standard InChI is InChI=1S/C19H30N4O.HI/c1-15(16-9-5-3-6-10-16)22-19(20-2)21-14-13-18(24)23-17-11-7-4-8-12-17;/h3,5-6,9-10,15,17H,4,7-8,11-14H2,1-2H3,(H,23,24)(H2,20,21,22);1H. The monoisotopic (exact) mass is 458 g/mol. The Balaban J connectivity index is 0.00000312. The van der Waals surface area contributed by atoms with Crippen molar-refractivity contribution >= 4 is 35.8 Å². The van der Waals surface area contributed by atoms with Crippen LogP contribution in [0.15, 0.2) is 35.3 Å². The van der Waals surface area contributed by atoms with Crippen LogP contribution in [-0.4, -0.2) is 31.5 Å². The molecule has 25 heavy (non-hydrogen) atoms. The van der Waals surface area contributed by atoms with Gasteiger partial charge in [-0.3, -0.25) is 9.79 Å². The van der Waals surface area contributed by atoms with Gasteiger partial charge in [0, 0.05) is 26.1 Å². The Morgan fingerprint density at radius 3 is 2.52 bits per heavy atom. The molecule has 0 aromatic heterocycles. The predicted molar refractivity (Wildman–Crippen MR) is 114 cm³/mol. The van der Waals surface area contributed by atoms with E-state index in [0.29, 0.717) is 19.0 Å². The molecule has 2 rings (SSSR count). The van der Waals surface area contributed by atoms with E-state index < -0.39 is 0 Å². The number of rotatable bonds is 6. The third-order valence-corrected chi connectivity index (χ3v) is 4.49. The molecule has 1 aromatic rings. The van der Waals surface area contributed by atoms with Crippen LogP contribution in [0.3, 0.4) is 0 Å². The van der Waals surface area contributed by atoms with Crippen molar-refractivity contribution in [2.45, 2.75) is 57.5 Å². The smallest absolute Gasteiger partial charge is 0.221 e. The van der Waals surface area contributed by atoms with Gasteiger partial charge in [0.2, 0.25) is 5.91 Å². The lowest BCUT2D eigenvalue weighted by molar-refractivity contribution is -0.121. The molecule has 3 N–H and O–H groups in total. The summed E-state index contributed by atoms with van der Waals surface area (Å²) in [7, 11) is 1.75. The van der Waals surface area contributed by atoms with E-state index in [2.05, 4.69) is 40.0 Å². The Labute approximate surface area is 168 Å². The number of aliphatic imine (C=N–C) groups is 1. The topological polar surface area (TPSA) is 65.5 Å². The van der Waals surface area contributed by atoms with Crippen molar-refractivity contribution in [2.75, 3.05) is 13.6 Å². The van der Waals surface area contributed by atoms with Crippen molar-refractivity contribution in [1.82, 2.24) is 16.0 Å². The molecule has 5 nitrogen and oxygen atoms in total. The number of nitrogens with one attached hydrogen (secondary N) is 3. The predicted octanol–water partition coefficient (Wildman–Crippen LogP) is 3.37. The third-order valence-electron chi connectivity index (χ3n) is 4.49. The largest absolute Gasteiger partial charge is 0.356 e. The molecule has 1 fully saturated rings. The molecule has 1 aliphatic carbocycles. The lowest BCUT2D eigenvalue weighted by Gasteiger charge is -2.23. The van der Waals surface area contributed by atoms with E-state index in [9.17, 15) is 4.79 Å². The van der Waals surface area contributed by atoms with Crippen LogP contribution in [0, 0.1) is 0 Å². The Morgan fingerprint density at radius 2 is 1.88 bits per heavy atom. The number of hydrogen-bond acceptors (Lipinski definition) is 2. The Hall–Kier alpha value is -1.31. The summed E-state index contributed by atoms with van der Waals surface area (Å²) >= 11 is 0. The van der Waals surface area contributed by atoms with Crippen LogP contribution in [0.1, 0.15) is 57.1 Å². The molecular weight excluding hydrogens is 427 g/mol. The Bertz CT molecular complexity index is 529. The third kappa shape index (κ3) is 8.07. The van der Waals surface area contributed by atoms with Gasteiger partial charge in [-0.2, -0.15) is 0 Å². The first-order valence-electron chi connectivity index (χ1n) is 9.00. The number of halogens is 1. The molecular formula is C19H31IN4O. The fourth-order valence-electron chi connectivity index (χ4n) is 3.07. The van der Waals surface area contributed by atoms with Gasteiger partial charge in [-0.05, 0) is 25.3 Å². The van der Waals surface area contributed by atoms with Gasteiger partial charge in [0.05, 0.1) is 6.04 Å². The van der Waals surface area contributed by atoms with Crippen molar-refractivity contribution < 1.29 is 4.79 Å². The fourth-order valence-corrected chi connectivity index (χ4v) is 3.07. The van der Waals surface area contributed by atoms with Crippen LogP contribution in [0.5, 0.6) is 0 Å². The lowest BCUT2D eigenvalue weighted by atomic mass is 9.95. The van der Waals surface area contributed by atoms with Gasteiger partial charge in [0.15, 0.2) is 5.96 Å². The van der Waals surface area contributed by atoms with Crippen molar-refractivity contribution in [3.8, 4) is 0 Å². The van der Waals surface area contributed by atoms with Crippen LogP contribution in [0.4, 0.5) is 0 Å². The summed E-state index contributed by atoms with van der Waals surface area (Å²) in [4.78, 5) is 16.2. The van der Waals surface area contributed by atoms with Gasteiger partial charge in [-0.25, -0.2) is 0 Å². The molecule has 1 unspecified atom stereocenters. The zero-order chi connectivity index (χ0) is 17.2. The summed E-state index contributed by atoms with van der Waals surface area (Å²) in [5, 5.41) is 9.70. The molecule has 0 heterocycles. The summed E-state index contributed by atoms with van der Waals surface area (Å²) in [5.41, 5.74) is 1.20. The zero-order valence-corrected chi connectivity index (χ0v) is 17.6. The molecule has 0 bridgehead atoms. The highest BCUT2D eigenvalue weighted by molar-refractivity contribution is 14.0. The van der Waals surface area contributed by atoms with E-state index >= 15 is 0 Å². The average molecular weight is 458 g/mol. The second kappa shape index (κ2) is 12.1. The summed E-state index contributed by atoms with van der Waals surface area (Å²) < 4.78 is 0. The fraction of sp³-hybridized carbons (Fsp3) is 0.579. The van der Waals surface area contributed by atoms with Crippen LogP contribution < -0.4 is 16.0 Å². The molecule has 140 valence electrons. The number of guanidine groups is 1. The van der Waals surface area contributed by atoms with Gasteiger partial charge in [-0.1, -0.05) is 49.6 Å². The SMILES string of the molecule is CN=C(NCCC(=O)NC1CCCCC1)NC(C)c1ccccc1.I. The lowest BCUT2D eigenvalue weighted by Crippen LogP contribution is -2.42. The first-order chi connectivity index (χ1) is 11.7. The first kappa shape index (κ1) is 21.7. The highest BCUT2D eigenvalue weighted by atomic mass is 127. The maximum atomic E-state index is 12.0. The second-order valence-corrected chi connectivity index (χ2v) is 6.43. The van der Waals surface area contributed by atoms with Crippen LogP contribution in [0.2, 0.25) is 0 Å². The minimum atomic E-state index is 0. The molecule has 0 radical (unpaired) electrons. The van der Waals surface area contributed by atoms with Gasteiger partial charge in [0.25, 0.3) is 0 Å². The first-order valence-corrected chi connectivity index (χ1v) is 9.00. The summed E-state index contributed by atoms with van der Waals surface area (Å²) in [5.74, 6) is 0.845. The number of hydrogen-bond donors (Lipinski definition) is 3. The molecule has 6 heteroatoms. The molecule has 1 atom stereocenters. The summed E-state index contributed by atoms with van der Waals surface area (Å²) in [6.45, 7) is 2.68. The van der Waals surface area contributed by atoms with Crippen LogP contribution in [-0.2, 0) is 4.79 Å². The van der Waals surface area contributed by atoms with E-state index in [4.69, 9.17) is 0 Å². The quantitative estimate of drug-likeness (QED) is 0.348. The maximum Gasteiger partial charge on any atom is 0.221 e. The highest BCUT2D eigenvalue weighted by Gasteiger charge is 2.15.